The number of carbonyl (C=O) groups is 2. The van der Waals surface area contributed by atoms with Gasteiger partial charge in [-0.05, 0) is 80.5 Å². The molecule has 2 aliphatic rings. The summed E-state index contributed by atoms with van der Waals surface area (Å²) < 4.78 is 159. The van der Waals surface area contributed by atoms with Crippen molar-refractivity contribution in [1.29, 1.82) is 0 Å². The Morgan fingerprint density at radius 1 is 0.784 bits per heavy atom. The Balaban J connectivity index is 1.49. The minimum absolute atomic E-state index is 0.249. The summed E-state index contributed by atoms with van der Waals surface area (Å²) in [5, 5.41) is 11.9. The zero-order chi connectivity index (χ0) is 37.6. The summed E-state index contributed by atoms with van der Waals surface area (Å²) in [6.07, 6.45) is -12.2. The van der Waals surface area contributed by atoms with Gasteiger partial charge < -0.3 is 15.2 Å². The summed E-state index contributed by atoms with van der Waals surface area (Å²) in [7, 11) is -4.55. The lowest BCUT2D eigenvalue weighted by Crippen LogP contribution is -2.58. The number of hydrogen-bond acceptors (Lipinski definition) is 5. The van der Waals surface area contributed by atoms with Crippen molar-refractivity contribution >= 4 is 21.7 Å². The van der Waals surface area contributed by atoms with Crippen molar-refractivity contribution in [2.45, 2.75) is 78.8 Å². The maximum Gasteiger partial charge on any atom is 0.430 e. The number of halogens is 9. The fourth-order valence-electron chi connectivity index (χ4n) is 6.80. The molecule has 0 aliphatic heterocycles. The second-order valence-electron chi connectivity index (χ2n) is 12.7. The van der Waals surface area contributed by atoms with Crippen molar-refractivity contribution in [2.24, 2.45) is 11.8 Å². The van der Waals surface area contributed by atoms with E-state index in [0.717, 1.165) is 42.5 Å². The van der Waals surface area contributed by atoms with Crippen molar-refractivity contribution in [3.8, 4) is 0 Å². The van der Waals surface area contributed by atoms with Crippen molar-refractivity contribution in [2.75, 3.05) is 0 Å². The molecular formula is C34H30F9NO6S. The molecule has 0 saturated heterocycles. The molecule has 5 rings (SSSR count). The number of rotatable bonds is 10. The van der Waals surface area contributed by atoms with E-state index in [1.807, 2.05) is 0 Å². The molecule has 2 fully saturated rings. The molecule has 2 N–H and O–H groups in total. The third-order valence-corrected chi connectivity index (χ3v) is 12.2. The number of alkyl halides is 6. The van der Waals surface area contributed by atoms with E-state index >= 15 is 0 Å². The number of benzene rings is 3. The predicted molar refractivity (Wildman–Crippen MR) is 161 cm³/mol. The van der Waals surface area contributed by atoms with Gasteiger partial charge >= 0.3 is 18.3 Å². The predicted octanol–water partition coefficient (Wildman–Crippen LogP) is 7.48. The van der Waals surface area contributed by atoms with Gasteiger partial charge in [-0.1, -0.05) is 30.3 Å². The number of carbonyl (C=O) groups excluding carboxylic acids is 1. The lowest BCUT2D eigenvalue weighted by molar-refractivity contribution is -0.392. The lowest BCUT2D eigenvalue weighted by atomic mass is 9.73. The molecule has 7 nitrogen and oxygen atoms in total. The van der Waals surface area contributed by atoms with Crippen molar-refractivity contribution < 1.29 is 67.4 Å². The van der Waals surface area contributed by atoms with Gasteiger partial charge in [-0.2, -0.15) is 26.3 Å². The Morgan fingerprint density at radius 3 is 1.78 bits per heavy atom. The van der Waals surface area contributed by atoms with Crippen LogP contribution >= 0.6 is 0 Å². The molecule has 2 aliphatic carbocycles. The molecular weight excluding hydrogens is 721 g/mol. The molecule has 51 heavy (non-hydrogen) atoms. The van der Waals surface area contributed by atoms with E-state index in [1.165, 1.54) is 0 Å². The van der Waals surface area contributed by atoms with E-state index in [9.17, 15) is 62.6 Å². The first-order valence-electron chi connectivity index (χ1n) is 15.6. The Bertz CT molecular complexity index is 1830. The zero-order valence-corrected chi connectivity index (χ0v) is 27.1. The van der Waals surface area contributed by atoms with Gasteiger partial charge in [-0.25, -0.2) is 21.6 Å². The SMILES string of the molecule is O=C(O)C1CCC(C(=O)NC2CC(c3ccc(C(OCc4c(F)cccc4F)(C(F)(F)F)C(F)(F)F)cc3)(S(=O)(=O)c3ccc(F)cc3)C2)CC1. The van der Waals surface area contributed by atoms with E-state index < -0.39 is 102 Å². The smallest absolute Gasteiger partial charge is 0.430 e. The largest absolute Gasteiger partial charge is 0.481 e. The fourth-order valence-corrected chi connectivity index (χ4v) is 9.04. The zero-order valence-electron chi connectivity index (χ0n) is 26.3. The maximum absolute atomic E-state index is 14.5. The summed E-state index contributed by atoms with van der Waals surface area (Å²) in [5.41, 5.74) is -8.10. The first kappa shape index (κ1) is 38.1. The fraction of sp³-hybridized carbons (Fsp3) is 0.412. The van der Waals surface area contributed by atoms with Gasteiger partial charge in [-0.3, -0.25) is 9.59 Å². The van der Waals surface area contributed by atoms with Crippen molar-refractivity contribution in [3.63, 3.8) is 0 Å². The van der Waals surface area contributed by atoms with Crippen LogP contribution < -0.4 is 5.32 Å². The summed E-state index contributed by atoms with van der Waals surface area (Å²) in [4.78, 5) is 23.9. The molecule has 0 atom stereocenters. The Labute approximate surface area is 285 Å². The van der Waals surface area contributed by atoms with Gasteiger partial charge in [0.05, 0.1) is 17.4 Å². The van der Waals surface area contributed by atoms with Crippen LogP contribution in [0.25, 0.3) is 0 Å². The molecule has 0 heterocycles. The first-order chi connectivity index (χ1) is 23.7. The number of nitrogens with one attached hydrogen (secondary N) is 1. The molecule has 0 radical (unpaired) electrons. The van der Waals surface area contributed by atoms with Crippen LogP contribution in [-0.4, -0.2) is 43.8 Å². The van der Waals surface area contributed by atoms with E-state index in [1.54, 1.807) is 0 Å². The third kappa shape index (κ3) is 6.93. The average molecular weight is 752 g/mol. The minimum Gasteiger partial charge on any atom is -0.481 e. The standard InChI is InChI=1S/C34H30F9NO6S/c35-23-12-14-25(15-13-23)51(48,49)31(16-24(17-31)44-29(45)19-4-6-20(7-5-19)30(46)47)21-8-10-22(11-9-21)32(33(38,39)40,34(41,42)43)50-18-26-27(36)2-1-3-28(26)37/h1-3,8-15,19-20,24H,4-7,16-18H2,(H,44,45)(H,46,47). The normalized spacial score (nSPS) is 23.0. The molecule has 0 bridgehead atoms. The van der Waals surface area contributed by atoms with Crippen LogP contribution in [0.2, 0.25) is 0 Å². The summed E-state index contributed by atoms with van der Waals surface area (Å²) in [6, 6.07) is 7.09. The Hall–Kier alpha value is -4.12. The highest BCUT2D eigenvalue weighted by atomic mass is 32.2. The quantitative estimate of drug-likeness (QED) is 0.164. The molecule has 1 amide bonds. The van der Waals surface area contributed by atoms with Crippen LogP contribution in [-0.2, 0) is 41.1 Å². The topological polar surface area (TPSA) is 110 Å². The highest BCUT2D eigenvalue weighted by molar-refractivity contribution is 7.92. The molecule has 0 aromatic heterocycles. The van der Waals surface area contributed by atoms with Gasteiger partial charge in [0, 0.05) is 23.1 Å². The highest BCUT2D eigenvalue weighted by Crippen LogP contribution is 2.55. The molecule has 3 aromatic rings. The van der Waals surface area contributed by atoms with E-state index in [0.29, 0.717) is 24.3 Å². The van der Waals surface area contributed by atoms with Gasteiger partial charge in [0.2, 0.25) is 5.91 Å². The minimum atomic E-state index is -6.23. The summed E-state index contributed by atoms with van der Waals surface area (Å²) in [6.45, 7) is -1.78. The van der Waals surface area contributed by atoms with Crippen LogP contribution in [0.4, 0.5) is 39.5 Å². The van der Waals surface area contributed by atoms with Crippen molar-refractivity contribution in [3.05, 3.63) is 101 Å². The highest BCUT2D eigenvalue weighted by Gasteiger charge is 2.73. The molecule has 276 valence electrons. The van der Waals surface area contributed by atoms with Crippen LogP contribution in [0.1, 0.15) is 55.2 Å². The van der Waals surface area contributed by atoms with Gasteiger partial charge in [0.15, 0.2) is 9.84 Å². The molecule has 3 aromatic carbocycles. The average Bonchev–Trinajstić information content (AvgIpc) is 3.03. The second-order valence-corrected chi connectivity index (χ2v) is 15.0. The number of aliphatic carboxylic acids is 1. The molecule has 0 unspecified atom stereocenters. The number of carboxylic acid groups (broad SMARTS) is 1. The molecule has 2 saturated carbocycles. The van der Waals surface area contributed by atoms with Crippen LogP contribution in [0, 0.1) is 29.3 Å². The van der Waals surface area contributed by atoms with E-state index in [4.69, 9.17) is 0 Å². The number of sulfone groups is 1. The summed E-state index contributed by atoms with van der Waals surface area (Å²) in [5.74, 6) is -6.28. The van der Waals surface area contributed by atoms with Gasteiger partial charge in [-0.15, -0.1) is 0 Å². The number of hydrogen-bond donors (Lipinski definition) is 2. The summed E-state index contributed by atoms with van der Waals surface area (Å²) >= 11 is 0. The first-order valence-corrected chi connectivity index (χ1v) is 17.1. The van der Waals surface area contributed by atoms with Gasteiger partial charge in [0.1, 0.15) is 22.2 Å². The number of amides is 1. The van der Waals surface area contributed by atoms with E-state index in [-0.39, 0.29) is 44.1 Å². The third-order valence-electron chi connectivity index (χ3n) is 9.69. The lowest BCUT2D eigenvalue weighted by Gasteiger charge is -2.48. The molecule has 17 heteroatoms. The number of carboxylic acids is 1. The second kappa shape index (κ2) is 13.8. The van der Waals surface area contributed by atoms with Crippen LogP contribution in [0.3, 0.4) is 0 Å². The maximum atomic E-state index is 14.5. The van der Waals surface area contributed by atoms with Crippen molar-refractivity contribution in [1.82, 2.24) is 5.32 Å². The number of ether oxygens (including phenoxy) is 1. The van der Waals surface area contributed by atoms with Gasteiger partial charge in [0.25, 0.3) is 5.60 Å². The Kier molecular flexibility index (Phi) is 10.3. The monoisotopic (exact) mass is 751 g/mol. The Morgan fingerprint density at radius 2 is 1.29 bits per heavy atom. The van der Waals surface area contributed by atoms with Crippen LogP contribution in [0.5, 0.6) is 0 Å². The van der Waals surface area contributed by atoms with E-state index in [2.05, 4.69) is 10.1 Å². The molecule has 0 spiro atoms. The van der Waals surface area contributed by atoms with Crippen LogP contribution in [0.15, 0.2) is 71.6 Å².